The second kappa shape index (κ2) is 5.19. The van der Waals surface area contributed by atoms with Crippen molar-refractivity contribution in [2.45, 2.75) is 6.92 Å². The van der Waals surface area contributed by atoms with E-state index in [1.54, 1.807) is 11.6 Å². The molecule has 0 spiro atoms. The molecule has 0 unspecified atom stereocenters. The van der Waals surface area contributed by atoms with Crippen molar-refractivity contribution >= 4 is 33.6 Å². The van der Waals surface area contributed by atoms with Gasteiger partial charge in [-0.1, -0.05) is 11.6 Å². The number of rotatable bonds is 3. The van der Waals surface area contributed by atoms with E-state index in [1.165, 1.54) is 12.3 Å². The highest BCUT2D eigenvalue weighted by Crippen LogP contribution is 2.20. The molecule has 0 aliphatic heterocycles. The maximum absolute atomic E-state index is 11.4. The number of hydrogen-bond acceptors (Lipinski definition) is 5. The molecule has 94 valence electrons. The van der Waals surface area contributed by atoms with Gasteiger partial charge in [0.1, 0.15) is 0 Å². The summed E-state index contributed by atoms with van der Waals surface area (Å²) < 4.78 is 30.7. The van der Waals surface area contributed by atoms with E-state index in [4.69, 9.17) is 11.6 Å². The molecule has 1 aromatic heterocycles. The van der Waals surface area contributed by atoms with Gasteiger partial charge < -0.3 is 4.74 Å². The van der Waals surface area contributed by atoms with E-state index in [1.807, 2.05) is 0 Å². The summed E-state index contributed by atoms with van der Waals surface area (Å²) in [5.74, 6) is 0. The van der Waals surface area contributed by atoms with Crippen LogP contribution in [0.5, 0.6) is 0 Å². The van der Waals surface area contributed by atoms with Crippen molar-refractivity contribution in [3.05, 3.63) is 23.0 Å². The van der Waals surface area contributed by atoms with Gasteiger partial charge in [-0.15, -0.1) is 0 Å². The van der Waals surface area contributed by atoms with Gasteiger partial charge >= 0.3 is 16.3 Å². The molecule has 7 nitrogen and oxygen atoms in total. The van der Waals surface area contributed by atoms with Crippen molar-refractivity contribution < 1.29 is 17.9 Å². The number of pyridine rings is 1. The van der Waals surface area contributed by atoms with Crippen molar-refractivity contribution in [2.24, 2.45) is 0 Å². The maximum Gasteiger partial charge on any atom is 0.422 e. The molecule has 0 aliphatic carbocycles. The fourth-order valence-electron chi connectivity index (χ4n) is 0.946. The zero-order valence-corrected chi connectivity index (χ0v) is 10.6. The first-order valence-corrected chi connectivity index (χ1v) is 6.21. The Morgan fingerprint density at radius 1 is 1.53 bits per heavy atom. The lowest BCUT2D eigenvalue weighted by Gasteiger charge is -2.09. The zero-order chi connectivity index (χ0) is 13.1. The van der Waals surface area contributed by atoms with Gasteiger partial charge in [0.2, 0.25) is 0 Å². The summed E-state index contributed by atoms with van der Waals surface area (Å²) in [5, 5.41) is -0.0224. The minimum absolute atomic E-state index is 0.0224. The predicted octanol–water partition coefficient (Wildman–Crippen LogP) is 1.06. The summed E-state index contributed by atoms with van der Waals surface area (Å²) >= 11 is 5.69. The Morgan fingerprint density at radius 3 is 2.76 bits per heavy atom. The number of anilines is 1. The summed E-state index contributed by atoms with van der Waals surface area (Å²) in [4.78, 5) is 14.5. The van der Waals surface area contributed by atoms with Gasteiger partial charge in [0.05, 0.1) is 12.8 Å². The topological polar surface area (TPSA) is 97.4 Å². The van der Waals surface area contributed by atoms with Crippen LogP contribution >= 0.6 is 11.6 Å². The number of amides is 1. The van der Waals surface area contributed by atoms with Crippen LogP contribution in [0.1, 0.15) is 5.56 Å². The van der Waals surface area contributed by atoms with Gasteiger partial charge in [0.15, 0.2) is 5.15 Å². The average molecular weight is 280 g/mol. The third kappa shape index (κ3) is 4.08. The van der Waals surface area contributed by atoms with Crippen molar-refractivity contribution in [3.8, 4) is 0 Å². The number of ether oxygens (including phenoxy) is 1. The van der Waals surface area contributed by atoms with E-state index >= 15 is 0 Å². The fourth-order valence-corrected chi connectivity index (χ4v) is 1.95. The molecule has 1 aromatic rings. The minimum Gasteiger partial charge on any atom is -0.452 e. The highest BCUT2D eigenvalue weighted by Gasteiger charge is 2.16. The van der Waals surface area contributed by atoms with Crippen LogP contribution in [-0.2, 0) is 14.9 Å². The number of nitrogens with zero attached hydrogens (tertiary/aromatic N) is 1. The lowest BCUT2D eigenvalue weighted by molar-refractivity contribution is 0.177. The van der Waals surface area contributed by atoms with Gasteiger partial charge in [-0.05, 0) is 18.6 Å². The van der Waals surface area contributed by atoms with Crippen LogP contribution in [0.15, 0.2) is 12.3 Å². The molecule has 0 fully saturated rings. The molecule has 2 N–H and O–H groups in total. The molecule has 0 bridgehead atoms. The van der Waals surface area contributed by atoms with Crippen LogP contribution in [0.4, 0.5) is 10.5 Å². The number of aryl methyl sites for hydroxylation is 1. The molecular formula is C8H10ClN3O4S. The van der Waals surface area contributed by atoms with Gasteiger partial charge in [-0.3, -0.25) is 4.72 Å². The number of methoxy groups -OCH3 is 1. The smallest absolute Gasteiger partial charge is 0.422 e. The maximum atomic E-state index is 11.4. The Balaban J connectivity index is 2.90. The molecule has 17 heavy (non-hydrogen) atoms. The first-order valence-electron chi connectivity index (χ1n) is 4.34. The summed E-state index contributed by atoms with van der Waals surface area (Å²) in [6.45, 7) is 1.72. The van der Waals surface area contributed by atoms with Gasteiger partial charge in [0, 0.05) is 6.20 Å². The van der Waals surface area contributed by atoms with Crippen molar-refractivity contribution in [3.63, 3.8) is 0 Å². The Labute approximate surface area is 103 Å². The van der Waals surface area contributed by atoms with Crippen LogP contribution < -0.4 is 9.44 Å². The van der Waals surface area contributed by atoms with Gasteiger partial charge in [0.25, 0.3) is 0 Å². The molecule has 1 amide bonds. The summed E-state index contributed by atoms with van der Waals surface area (Å²) in [7, 11) is -3.04. The first-order chi connectivity index (χ1) is 7.84. The second-order valence-electron chi connectivity index (χ2n) is 3.05. The van der Waals surface area contributed by atoms with Crippen LogP contribution in [0.25, 0.3) is 0 Å². The standard InChI is InChI=1S/C8H10ClN3O4S/c1-5-3-6(7(9)10-4-5)11-17(14,15)12-8(13)16-2/h3-4,11H,1-2H3,(H,12,13). The lowest BCUT2D eigenvalue weighted by Crippen LogP contribution is -2.35. The number of aromatic nitrogens is 1. The molecule has 0 saturated heterocycles. The van der Waals surface area contributed by atoms with Crippen LogP contribution in [-0.4, -0.2) is 26.6 Å². The van der Waals surface area contributed by atoms with Gasteiger partial charge in [-0.25, -0.2) is 14.5 Å². The van der Waals surface area contributed by atoms with Crippen molar-refractivity contribution in [1.29, 1.82) is 0 Å². The fraction of sp³-hybridized carbons (Fsp3) is 0.250. The number of hydrogen-bond donors (Lipinski definition) is 2. The van der Waals surface area contributed by atoms with E-state index in [2.05, 4.69) is 14.4 Å². The normalized spacial score (nSPS) is 10.8. The number of halogens is 1. The lowest BCUT2D eigenvalue weighted by atomic mass is 10.3. The monoisotopic (exact) mass is 279 g/mol. The SMILES string of the molecule is COC(=O)NS(=O)(=O)Nc1cc(C)cnc1Cl. The Hall–Kier alpha value is -1.54. The molecule has 0 atom stereocenters. The highest BCUT2D eigenvalue weighted by atomic mass is 35.5. The van der Waals surface area contributed by atoms with E-state index in [-0.39, 0.29) is 10.8 Å². The van der Waals surface area contributed by atoms with Crippen molar-refractivity contribution in [2.75, 3.05) is 11.8 Å². The summed E-state index contributed by atoms with van der Waals surface area (Å²) in [5.41, 5.74) is 0.785. The molecule has 9 heteroatoms. The van der Waals surface area contributed by atoms with Crippen LogP contribution in [0.2, 0.25) is 5.15 Å². The highest BCUT2D eigenvalue weighted by molar-refractivity contribution is 7.91. The Morgan fingerprint density at radius 2 is 2.18 bits per heavy atom. The van der Waals surface area contributed by atoms with E-state index in [9.17, 15) is 13.2 Å². The molecule has 0 aliphatic rings. The number of carbonyl (C=O) groups is 1. The van der Waals surface area contributed by atoms with E-state index in [0.717, 1.165) is 7.11 Å². The van der Waals surface area contributed by atoms with E-state index in [0.29, 0.717) is 5.56 Å². The third-order valence-corrected chi connectivity index (χ3v) is 2.85. The average Bonchev–Trinajstić information content (AvgIpc) is 2.22. The molecule has 1 rings (SSSR count). The minimum atomic E-state index is -4.08. The molecule has 0 radical (unpaired) electrons. The largest absolute Gasteiger partial charge is 0.452 e. The zero-order valence-electron chi connectivity index (χ0n) is 9.02. The van der Waals surface area contributed by atoms with Gasteiger partial charge in [-0.2, -0.15) is 8.42 Å². The number of carbonyl (C=O) groups excluding carboxylic acids is 1. The second-order valence-corrected chi connectivity index (χ2v) is 4.82. The van der Waals surface area contributed by atoms with Crippen LogP contribution in [0.3, 0.4) is 0 Å². The molecular weight excluding hydrogens is 270 g/mol. The first kappa shape index (κ1) is 13.5. The summed E-state index contributed by atoms with van der Waals surface area (Å²) in [6.07, 6.45) is 0.377. The Kier molecular flexibility index (Phi) is 4.13. The Bertz CT molecular complexity index is 532. The predicted molar refractivity (Wildman–Crippen MR) is 62.1 cm³/mol. The quantitative estimate of drug-likeness (QED) is 0.806. The van der Waals surface area contributed by atoms with Crippen LogP contribution in [0, 0.1) is 6.92 Å². The summed E-state index contributed by atoms with van der Waals surface area (Å²) in [6, 6.07) is 1.48. The number of nitrogens with one attached hydrogen (secondary N) is 2. The molecule has 0 aromatic carbocycles. The molecule has 0 saturated carbocycles. The van der Waals surface area contributed by atoms with Crippen molar-refractivity contribution in [1.82, 2.24) is 9.71 Å². The van der Waals surface area contributed by atoms with E-state index < -0.39 is 16.3 Å². The third-order valence-electron chi connectivity index (χ3n) is 1.62. The molecule has 1 heterocycles.